The van der Waals surface area contributed by atoms with Crippen molar-refractivity contribution in [2.24, 2.45) is 0 Å². The van der Waals surface area contributed by atoms with Crippen molar-refractivity contribution in [3.8, 4) is 0 Å². The Morgan fingerprint density at radius 3 is 2.89 bits per heavy atom. The number of aryl methyl sites for hydroxylation is 1. The van der Waals surface area contributed by atoms with Gasteiger partial charge in [0.25, 0.3) is 0 Å². The number of H-pyrrole nitrogens is 1. The SMILES string of the molecule is CCOC(=O)c1c[nH]c2cc(CCBr)ccc2c1=O. The smallest absolute Gasteiger partial charge is 0.343 e. The van der Waals surface area contributed by atoms with Crippen molar-refractivity contribution in [1.82, 2.24) is 4.98 Å². The van der Waals surface area contributed by atoms with E-state index in [1.165, 1.54) is 6.20 Å². The molecule has 0 aliphatic heterocycles. The van der Waals surface area contributed by atoms with Crippen molar-refractivity contribution in [2.75, 3.05) is 11.9 Å². The first-order chi connectivity index (χ1) is 9.17. The second kappa shape index (κ2) is 6.02. The van der Waals surface area contributed by atoms with Crippen molar-refractivity contribution >= 4 is 32.8 Å². The van der Waals surface area contributed by atoms with Gasteiger partial charge in [0.05, 0.1) is 6.61 Å². The monoisotopic (exact) mass is 323 g/mol. The predicted octanol–water partition coefficient (Wildman–Crippen LogP) is 2.64. The Morgan fingerprint density at radius 1 is 1.42 bits per heavy atom. The van der Waals surface area contributed by atoms with Crippen LogP contribution in [0.15, 0.2) is 29.2 Å². The van der Waals surface area contributed by atoms with E-state index in [1.807, 2.05) is 12.1 Å². The van der Waals surface area contributed by atoms with E-state index in [2.05, 4.69) is 20.9 Å². The zero-order chi connectivity index (χ0) is 13.8. The summed E-state index contributed by atoms with van der Waals surface area (Å²) in [5, 5.41) is 1.37. The minimum absolute atomic E-state index is 0.0441. The molecule has 4 nitrogen and oxygen atoms in total. The highest BCUT2D eigenvalue weighted by Gasteiger charge is 2.13. The molecule has 1 heterocycles. The van der Waals surface area contributed by atoms with Crippen LogP contribution >= 0.6 is 15.9 Å². The van der Waals surface area contributed by atoms with Crippen molar-refractivity contribution in [3.63, 3.8) is 0 Å². The van der Waals surface area contributed by atoms with Crippen LogP contribution < -0.4 is 5.43 Å². The first-order valence-corrected chi connectivity index (χ1v) is 7.17. The minimum Gasteiger partial charge on any atom is -0.462 e. The molecule has 1 N–H and O–H groups in total. The van der Waals surface area contributed by atoms with Crippen LogP contribution in [-0.4, -0.2) is 22.9 Å². The summed E-state index contributed by atoms with van der Waals surface area (Å²) in [4.78, 5) is 26.8. The summed E-state index contributed by atoms with van der Waals surface area (Å²) in [6.45, 7) is 1.96. The summed E-state index contributed by atoms with van der Waals surface area (Å²) in [6.07, 6.45) is 2.30. The van der Waals surface area contributed by atoms with E-state index in [0.29, 0.717) is 5.39 Å². The van der Waals surface area contributed by atoms with Gasteiger partial charge < -0.3 is 9.72 Å². The normalized spacial score (nSPS) is 10.6. The topological polar surface area (TPSA) is 59.2 Å². The van der Waals surface area contributed by atoms with Crippen molar-refractivity contribution < 1.29 is 9.53 Å². The molecule has 19 heavy (non-hydrogen) atoms. The van der Waals surface area contributed by atoms with Crippen molar-refractivity contribution in [1.29, 1.82) is 0 Å². The fourth-order valence-electron chi connectivity index (χ4n) is 1.89. The highest BCUT2D eigenvalue weighted by Crippen LogP contribution is 2.13. The van der Waals surface area contributed by atoms with Gasteiger partial charge in [-0.25, -0.2) is 4.79 Å². The fourth-order valence-corrected chi connectivity index (χ4v) is 2.35. The lowest BCUT2D eigenvalue weighted by molar-refractivity contribution is 0.0524. The Hall–Kier alpha value is -1.62. The molecule has 0 aliphatic rings. The molecule has 0 saturated carbocycles. The zero-order valence-corrected chi connectivity index (χ0v) is 12.1. The molecular weight excluding hydrogens is 310 g/mol. The largest absolute Gasteiger partial charge is 0.462 e. The van der Waals surface area contributed by atoms with Crippen LogP contribution in [-0.2, 0) is 11.2 Å². The molecule has 0 unspecified atom stereocenters. The molecule has 0 spiro atoms. The molecule has 0 atom stereocenters. The summed E-state index contributed by atoms with van der Waals surface area (Å²) in [7, 11) is 0. The van der Waals surface area contributed by atoms with E-state index in [0.717, 1.165) is 22.8 Å². The number of pyridine rings is 1. The van der Waals surface area contributed by atoms with Gasteiger partial charge in [0, 0.05) is 22.4 Å². The zero-order valence-electron chi connectivity index (χ0n) is 10.5. The van der Waals surface area contributed by atoms with E-state index in [-0.39, 0.29) is 17.6 Å². The van der Waals surface area contributed by atoms with E-state index in [1.54, 1.807) is 13.0 Å². The van der Waals surface area contributed by atoms with Gasteiger partial charge in [0.15, 0.2) is 0 Å². The number of esters is 1. The van der Waals surface area contributed by atoms with Crippen LogP contribution in [0.25, 0.3) is 10.9 Å². The summed E-state index contributed by atoms with van der Waals surface area (Å²) in [6, 6.07) is 5.57. The van der Waals surface area contributed by atoms with Gasteiger partial charge in [-0.1, -0.05) is 22.0 Å². The highest BCUT2D eigenvalue weighted by atomic mass is 79.9. The van der Waals surface area contributed by atoms with Crippen LogP contribution in [0.1, 0.15) is 22.8 Å². The first-order valence-electron chi connectivity index (χ1n) is 6.04. The van der Waals surface area contributed by atoms with Gasteiger partial charge in [0.1, 0.15) is 5.56 Å². The predicted molar refractivity (Wildman–Crippen MR) is 78.0 cm³/mol. The molecule has 2 aromatic rings. The second-order valence-corrected chi connectivity index (χ2v) is 4.86. The van der Waals surface area contributed by atoms with Gasteiger partial charge in [-0.2, -0.15) is 0 Å². The van der Waals surface area contributed by atoms with Crippen molar-refractivity contribution in [3.05, 3.63) is 45.7 Å². The average Bonchev–Trinajstić information content (AvgIpc) is 2.39. The third-order valence-electron chi connectivity index (χ3n) is 2.82. The maximum Gasteiger partial charge on any atom is 0.343 e. The van der Waals surface area contributed by atoms with E-state index >= 15 is 0 Å². The van der Waals surface area contributed by atoms with Crippen LogP contribution in [0.2, 0.25) is 0 Å². The van der Waals surface area contributed by atoms with Crippen LogP contribution in [0.4, 0.5) is 0 Å². The molecular formula is C14H14BrNO3. The number of benzene rings is 1. The molecule has 0 fully saturated rings. The summed E-state index contributed by atoms with van der Waals surface area (Å²) in [5.74, 6) is -0.588. The number of ether oxygens (including phenoxy) is 1. The number of nitrogens with one attached hydrogen (secondary N) is 1. The van der Waals surface area contributed by atoms with Gasteiger partial charge in [-0.05, 0) is 31.0 Å². The lowest BCUT2D eigenvalue weighted by Gasteiger charge is -2.05. The summed E-state index contributed by atoms with van der Waals surface area (Å²) < 4.78 is 4.85. The Kier molecular flexibility index (Phi) is 4.37. The van der Waals surface area contributed by atoms with Crippen LogP contribution in [0.3, 0.4) is 0 Å². The fraction of sp³-hybridized carbons (Fsp3) is 0.286. The Balaban J connectivity index is 2.51. The Labute approximate surface area is 118 Å². The summed E-state index contributed by atoms with van der Waals surface area (Å²) >= 11 is 3.38. The molecule has 0 radical (unpaired) electrons. The van der Waals surface area contributed by atoms with Gasteiger partial charge in [-0.3, -0.25) is 4.79 Å². The number of rotatable bonds is 4. The lowest BCUT2D eigenvalue weighted by Crippen LogP contribution is -2.18. The minimum atomic E-state index is -0.588. The number of aromatic amines is 1. The van der Waals surface area contributed by atoms with Crippen LogP contribution in [0, 0.1) is 0 Å². The number of aromatic nitrogens is 1. The average molecular weight is 324 g/mol. The maximum atomic E-state index is 12.2. The number of hydrogen-bond donors (Lipinski definition) is 1. The van der Waals surface area contributed by atoms with Gasteiger partial charge in [0.2, 0.25) is 5.43 Å². The molecule has 1 aromatic heterocycles. The molecule has 1 aromatic carbocycles. The quantitative estimate of drug-likeness (QED) is 0.695. The molecule has 0 aliphatic carbocycles. The third-order valence-corrected chi connectivity index (χ3v) is 3.22. The standard InChI is InChI=1S/C14H14BrNO3/c1-2-19-14(18)11-8-16-12-7-9(5-6-15)3-4-10(12)13(11)17/h3-4,7-8H,2,5-6H2,1H3,(H,16,17). The van der Waals surface area contributed by atoms with E-state index < -0.39 is 5.97 Å². The Bertz CT molecular complexity index is 663. The first kappa shape index (κ1) is 13.8. The lowest BCUT2D eigenvalue weighted by atomic mass is 10.1. The molecule has 0 bridgehead atoms. The molecule has 5 heteroatoms. The molecule has 0 saturated heterocycles. The highest BCUT2D eigenvalue weighted by molar-refractivity contribution is 9.09. The van der Waals surface area contributed by atoms with Gasteiger partial charge in [-0.15, -0.1) is 0 Å². The van der Waals surface area contributed by atoms with Crippen LogP contribution in [0.5, 0.6) is 0 Å². The van der Waals surface area contributed by atoms with E-state index in [9.17, 15) is 9.59 Å². The second-order valence-electron chi connectivity index (χ2n) is 4.07. The molecule has 100 valence electrons. The summed E-state index contributed by atoms with van der Waals surface area (Å²) in [5.41, 5.74) is 1.61. The number of fused-ring (bicyclic) bond motifs is 1. The van der Waals surface area contributed by atoms with Gasteiger partial charge >= 0.3 is 5.97 Å². The van der Waals surface area contributed by atoms with Crippen molar-refractivity contribution in [2.45, 2.75) is 13.3 Å². The molecule has 2 rings (SSSR count). The maximum absolute atomic E-state index is 12.2. The number of halogens is 1. The Morgan fingerprint density at radius 2 is 2.21 bits per heavy atom. The number of carbonyl (C=O) groups excluding carboxylic acids is 1. The molecule has 0 amide bonds. The van der Waals surface area contributed by atoms with E-state index in [4.69, 9.17) is 4.74 Å². The third kappa shape index (κ3) is 2.87. The number of hydrogen-bond acceptors (Lipinski definition) is 3. The number of alkyl halides is 1. The number of carbonyl (C=O) groups is 1.